The van der Waals surface area contributed by atoms with E-state index in [9.17, 15) is 0 Å². The molecular formula is C15H22N6. The maximum Gasteiger partial charge on any atom is 0.163 e. The first-order valence-electron chi connectivity index (χ1n) is 7.96. The highest BCUT2D eigenvalue weighted by molar-refractivity contribution is 5.38. The molecule has 0 bridgehead atoms. The van der Waals surface area contributed by atoms with Gasteiger partial charge in [-0.15, -0.1) is 10.2 Å². The summed E-state index contributed by atoms with van der Waals surface area (Å²) in [5.74, 6) is 1.06. The minimum atomic E-state index is 0.396. The van der Waals surface area contributed by atoms with Crippen molar-refractivity contribution in [2.75, 3.05) is 19.6 Å². The molecule has 0 aromatic carbocycles. The number of rotatable bonds is 2. The Bertz CT molecular complexity index is 630. The van der Waals surface area contributed by atoms with Gasteiger partial charge in [0.1, 0.15) is 6.33 Å². The normalized spacial score (nSPS) is 24.9. The molecule has 2 aliphatic heterocycles. The third kappa shape index (κ3) is 2.32. The average Bonchev–Trinajstić information content (AvgIpc) is 3.13. The Labute approximate surface area is 124 Å². The zero-order valence-corrected chi connectivity index (χ0v) is 12.5. The summed E-state index contributed by atoms with van der Waals surface area (Å²) < 4.78 is 2.07. The van der Waals surface area contributed by atoms with Gasteiger partial charge < -0.3 is 5.32 Å². The van der Waals surface area contributed by atoms with E-state index in [4.69, 9.17) is 0 Å². The number of aryl methyl sites for hydroxylation is 1. The van der Waals surface area contributed by atoms with E-state index in [1.54, 1.807) is 0 Å². The minimum absolute atomic E-state index is 0.396. The largest absolute Gasteiger partial charge is 0.317 e. The van der Waals surface area contributed by atoms with Gasteiger partial charge in [-0.3, -0.25) is 9.30 Å². The highest BCUT2D eigenvalue weighted by Gasteiger charge is 2.35. The summed E-state index contributed by atoms with van der Waals surface area (Å²) >= 11 is 0. The van der Waals surface area contributed by atoms with Crippen LogP contribution in [0.15, 0.2) is 12.4 Å². The van der Waals surface area contributed by atoms with Crippen molar-refractivity contribution in [2.24, 2.45) is 0 Å². The van der Waals surface area contributed by atoms with Gasteiger partial charge in [-0.25, -0.2) is 4.98 Å². The molecule has 2 aliphatic rings. The molecule has 1 atom stereocenters. The molecule has 0 amide bonds. The predicted molar refractivity (Wildman–Crippen MR) is 80.1 cm³/mol. The topological polar surface area (TPSA) is 58.4 Å². The molecule has 0 spiro atoms. The van der Waals surface area contributed by atoms with Crippen LogP contribution in [0.1, 0.15) is 43.2 Å². The molecule has 2 saturated heterocycles. The number of hydrogen-bond donors (Lipinski definition) is 1. The van der Waals surface area contributed by atoms with Crippen molar-refractivity contribution in [3.63, 3.8) is 0 Å². The van der Waals surface area contributed by atoms with Gasteiger partial charge in [0.25, 0.3) is 0 Å². The van der Waals surface area contributed by atoms with E-state index in [2.05, 4.69) is 29.8 Å². The van der Waals surface area contributed by atoms with E-state index in [0.717, 1.165) is 30.3 Å². The molecule has 2 fully saturated rings. The van der Waals surface area contributed by atoms with Gasteiger partial charge in [-0.2, -0.15) is 0 Å². The Kier molecular flexibility index (Phi) is 3.35. The molecular weight excluding hydrogens is 264 g/mol. The molecule has 4 rings (SSSR count). The maximum absolute atomic E-state index is 4.48. The van der Waals surface area contributed by atoms with Crippen LogP contribution >= 0.6 is 0 Å². The molecule has 112 valence electrons. The zero-order valence-electron chi connectivity index (χ0n) is 12.5. The minimum Gasteiger partial charge on any atom is -0.317 e. The number of hydrogen-bond acceptors (Lipinski definition) is 5. The maximum atomic E-state index is 4.48. The molecule has 1 N–H and O–H groups in total. The SMILES string of the molecule is Cc1cc2nnc(C3CCCN3C3CCNCC3)n2cn1. The monoisotopic (exact) mass is 286 g/mol. The van der Waals surface area contributed by atoms with Gasteiger partial charge in [0, 0.05) is 17.8 Å². The molecule has 0 saturated carbocycles. The Balaban J connectivity index is 1.66. The van der Waals surface area contributed by atoms with E-state index >= 15 is 0 Å². The third-order valence-corrected chi connectivity index (χ3v) is 4.83. The van der Waals surface area contributed by atoms with Crippen LogP contribution in [0.5, 0.6) is 0 Å². The lowest BCUT2D eigenvalue weighted by molar-refractivity contribution is 0.142. The smallest absolute Gasteiger partial charge is 0.163 e. The number of nitrogens with one attached hydrogen (secondary N) is 1. The van der Waals surface area contributed by atoms with Crippen LogP contribution in [0.25, 0.3) is 5.65 Å². The first-order chi connectivity index (χ1) is 10.3. The Morgan fingerprint density at radius 2 is 2.05 bits per heavy atom. The van der Waals surface area contributed by atoms with Crippen LogP contribution in [0.3, 0.4) is 0 Å². The third-order valence-electron chi connectivity index (χ3n) is 4.83. The molecule has 1 unspecified atom stereocenters. The lowest BCUT2D eigenvalue weighted by atomic mass is 10.0. The predicted octanol–water partition coefficient (Wildman–Crippen LogP) is 1.32. The number of fused-ring (bicyclic) bond motifs is 1. The first-order valence-corrected chi connectivity index (χ1v) is 7.96. The lowest BCUT2D eigenvalue weighted by Crippen LogP contribution is -2.43. The Morgan fingerprint density at radius 1 is 1.19 bits per heavy atom. The van der Waals surface area contributed by atoms with E-state index in [0.29, 0.717) is 12.1 Å². The number of aromatic nitrogens is 4. The number of piperidine rings is 1. The van der Waals surface area contributed by atoms with Crippen LogP contribution in [0.4, 0.5) is 0 Å². The van der Waals surface area contributed by atoms with E-state index < -0.39 is 0 Å². The van der Waals surface area contributed by atoms with Crippen molar-refractivity contribution in [3.8, 4) is 0 Å². The summed E-state index contributed by atoms with van der Waals surface area (Å²) in [4.78, 5) is 7.05. The van der Waals surface area contributed by atoms with Gasteiger partial charge in [-0.05, 0) is 52.2 Å². The van der Waals surface area contributed by atoms with Crippen LogP contribution in [-0.4, -0.2) is 50.2 Å². The van der Waals surface area contributed by atoms with Crippen LogP contribution < -0.4 is 5.32 Å². The van der Waals surface area contributed by atoms with Crippen LogP contribution in [-0.2, 0) is 0 Å². The van der Waals surface area contributed by atoms with E-state index in [-0.39, 0.29) is 0 Å². The molecule has 0 aliphatic carbocycles. The van der Waals surface area contributed by atoms with Gasteiger partial charge in [0.2, 0.25) is 0 Å². The molecule has 4 heterocycles. The van der Waals surface area contributed by atoms with Crippen molar-refractivity contribution in [3.05, 3.63) is 23.9 Å². The quantitative estimate of drug-likeness (QED) is 0.902. The second kappa shape index (κ2) is 5.35. The van der Waals surface area contributed by atoms with Crippen molar-refractivity contribution in [1.82, 2.24) is 29.8 Å². The number of likely N-dealkylation sites (tertiary alicyclic amines) is 1. The van der Waals surface area contributed by atoms with Gasteiger partial charge in [0.05, 0.1) is 6.04 Å². The van der Waals surface area contributed by atoms with Gasteiger partial charge >= 0.3 is 0 Å². The molecule has 2 aromatic heterocycles. The standard InChI is InChI=1S/C15H22N6/c1-11-9-14-18-19-15(21(14)10-17-11)13-3-2-8-20(13)12-4-6-16-7-5-12/h9-10,12-13,16H,2-8H2,1H3. The fourth-order valence-electron chi connectivity index (χ4n) is 3.77. The summed E-state index contributed by atoms with van der Waals surface area (Å²) in [6.45, 7) is 5.44. The summed E-state index contributed by atoms with van der Waals surface area (Å²) in [6, 6.07) is 3.08. The second-order valence-electron chi connectivity index (χ2n) is 6.19. The summed E-state index contributed by atoms with van der Waals surface area (Å²) in [6.07, 6.45) is 6.79. The first kappa shape index (κ1) is 13.2. The van der Waals surface area contributed by atoms with Crippen molar-refractivity contribution in [1.29, 1.82) is 0 Å². The molecule has 6 heteroatoms. The summed E-state index contributed by atoms with van der Waals surface area (Å²) in [7, 11) is 0. The molecule has 2 aromatic rings. The van der Waals surface area contributed by atoms with Crippen LogP contribution in [0.2, 0.25) is 0 Å². The molecule has 21 heavy (non-hydrogen) atoms. The summed E-state index contributed by atoms with van der Waals surface area (Å²) in [5.41, 5.74) is 1.90. The Morgan fingerprint density at radius 3 is 2.90 bits per heavy atom. The fraction of sp³-hybridized carbons (Fsp3) is 0.667. The molecule has 0 radical (unpaired) electrons. The lowest BCUT2D eigenvalue weighted by Gasteiger charge is -2.35. The number of nitrogens with zero attached hydrogens (tertiary/aromatic N) is 5. The molecule has 6 nitrogen and oxygen atoms in total. The van der Waals surface area contributed by atoms with Crippen molar-refractivity contribution < 1.29 is 0 Å². The Hall–Kier alpha value is -1.53. The van der Waals surface area contributed by atoms with Gasteiger partial charge in [0.15, 0.2) is 11.5 Å². The van der Waals surface area contributed by atoms with E-state index in [1.807, 2.05) is 19.3 Å². The highest BCUT2D eigenvalue weighted by Crippen LogP contribution is 2.34. The van der Waals surface area contributed by atoms with Crippen molar-refractivity contribution >= 4 is 5.65 Å². The summed E-state index contributed by atoms with van der Waals surface area (Å²) in [5, 5.41) is 12.3. The van der Waals surface area contributed by atoms with E-state index in [1.165, 1.54) is 32.2 Å². The van der Waals surface area contributed by atoms with Gasteiger partial charge in [-0.1, -0.05) is 0 Å². The van der Waals surface area contributed by atoms with Crippen LogP contribution in [0, 0.1) is 6.92 Å². The zero-order chi connectivity index (χ0) is 14.2. The van der Waals surface area contributed by atoms with Crippen molar-refractivity contribution in [2.45, 2.75) is 44.7 Å². The highest BCUT2D eigenvalue weighted by atomic mass is 15.3. The average molecular weight is 286 g/mol. The fourth-order valence-corrected chi connectivity index (χ4v) is 3.77. The second-order valence-corrected chi connectivity index (χ2v) is 6.19.